The molecule has 3 aromatic heterocycles. The van der Waals surface area contributed by atoms with E-state index in [2.05, 4.69) is 203 Å². The van der Waals surface area contributed by atoms with Crippen LogP contribution in [0.2, 0.25) is 0 Å². The summed E-state index contributed by atoms with van der Waals surface area (Å²) in [6.45, 7) is 4.80. The zero-order chi connectivity index (χ0) is 35.7. The van der Waals surface area contributed by atoms with Gasteiger partial charge in [-0.25, -0.2) is 0 Å². The molecule has 1 aliphatic rings. The predicted octanol–water partition coefficient (Wildman–Crippen LogP) is 13.3. The van der Waals surface area contributed by atoms with E-state index in [4.69, 9.17) is 0 Å². The normalized spacial score (nSPS) is 13.5. The van der Waals surface area contributed by atoms with Gasteiger partial charge < -0.3 is 13.7 Å². The number of aromatic nitrogens is 3. The van der Waals surface area contributed by atoms with Crippen molar-refractivity contribution >= 4 is 65.4 Å². The van der Waals surface area contributed by atoms with E-state index in [-0.39, 0.29) is 5.41 Å². The standard InChI is InChI=1S/C51H35N3/c1-51(2)43-29-34(54-47-22-12-8-18-38(47)39-19-9-13-23-48(39)54)24-26-35(43)40-31-50-42(30-44(40)51)41-28-33(25-27-49(41)52(50)32-14-4-3-5-15-32)53-45-20-10-6-16-36(45)37-17-7-11-21-46(37)53/h3-31H,1-2H3. The van der Waals surface area contributed by atoms with E-state index >= 15 is 0 Å². The molecule has 254 valence electrons. The summed E-state index contributed by atoms with van der Waals surface area (Å²) in [6.07, 6.45) is 0. The number of rotatable bonds is 3. The Balaban J connectivity index is 1.11. The van der Waals surface area contributed by atoms with Gasteiger partial charge in [-0.15, -0.1) is 0 Å². The fraction of sp³-hybridized carbons (Fsp3) is 0.0588. The minimum atomic E-state index is -0.195. The number of hydrogen-bond acceptors (Lipinski definition) is 0. The maximum Gasteiger partial charge on any atom is 0.0547 e. The number of nitrogens with zero attached hydrogens (tertiary/aromatic N) is 3. The van der Waals surface area contributed by atoms with Crippen molar-refractivity contribution in [1.29, 1.82) is 0 Å². The van der Waals surface area contributed by atoms with Gasteiger partial charge >= 0.3 is 0 Å². The number of hydrogen-bond donors (Lipinski definition) is 0. The maximum atomic E-state index is 2.50. The number of fused-ring (bicyclic) bond motifs is 12. The summed E-state index contributed by atoms with van der Waals surface area (Å²) in [5, 5.41) is 7.66. The van der Waals surface area contributed by atoms with Crippen LogP contribution in [0, 0.1) is 0 Å². The van der Waals surface area contributed by atoms with Crippen molar-refractivity contribution in [3.8, 4) is 28.2 Å². The molecule has 0 N–H and O–H groups in total. The van der Waals surface area contributed by atoms with Gasteiger partial charge in [-0.05, 0) is 101 Å². The Morgan fingerprint density at radius 2 is 0.722 bits per heavy atom. The second-order valence-electron chi connectivity index (χ2n) is 15.4. The SMILES string of the molecule is CC1(C)c2cc(-n3c4ccccc4c4ccccc43)ccc2-c2cc3c(cc21)c1cc(-n2c4ccccc4c4ccccc42)ccc1n3-c1ccccc1. The van der Waals surface area contributed by atoms with Crippen molar-refractivity contribution in [2.75, 3.05) is 0 Å². The van der Waals surface area contributed by atoms with E-state index < -0.39 is 0 Å². The van der Waals surface area contributed by atoms with Crippen LogP contribution in [-0.2, 0) is 5.41 Å². The molecule has 0 aliphatic heterocycles. The summed E-state index contributed by atoms with van der Waals surface area (Å²) >= 11 is 0. The molecule has 0 atom stereocenters. The third-order valence-electron chi connectivity index (χ3n) is 12.2. The van der Waals surface area contributed by atoms with Gasteiger partial charge in [-0.2, -0.15) is 0 Å². The average Bonchev–Trinajstić information content (AvgIpc) is 3.91. The second kappa shape index (κ2) is 10.6. The van der Waals surface area contributed by atoms with E-state index in [1.807, 2.05) is 0 Å². The number of benzene rings is 8. The van der Waals surface area contributed by atoms with Crippen molar-refractivity contribution in [2.45, 2.75) is 19.3 Å². The third-order valence-corrected chi connectivity index (χ3v) is 12.2. The lowest BCUT2D eigenvalue weighted by atomic mass is 9.82. The predicted molar refractivity (Wildman–Crippen MR) is 227 cm³/mol. The molecule has 12 rings (SSSR count). The number of para-hydroxylation sites is 5. The Labute approximate surface area is 312 Å². The molecule has 8 aromatic carbocycles. The van der Waals surface area contributed by atoms with E-state index in [1.165, 1.54) is 105 Å². The smallest absolute Gasteiger partial charge is 0.0547 e. The van der Waals surface area contributed by atoms with Crippen molar-refractivity contribution in [3.05, 3.63) is 187 Å². The first-order valence-corrected chi connectivity index (χ1v) is 18.9. The van der Waals surface area contributed by atoms with Crippen LogP contribution in [0.4, 0.5) is 0 Å². The van der Waals surface area contributed by atoms with Gasteiger partial charge in [-0.1, -0.05) is 111 Å². The summed E-state index contributed by atoms with van der Waals surface area (Å²) < 4.78 is 7.32. The highest BCUT2D eigenvalue weighted by molar-refractivity contribution is 6.14. The van der Waals surface area contributed by atoms with Crippen molar-refractivity contribution in [3.63, 3.8) is 0 Å². The molecule has 0 spiro atoms. The minimum absolute atomic E-state index is 0.195. The molecule has 0 saturated carbocycles. The Morgan fingerprint density at radius 1 is 0.296 bits per heavy atom. The van der Waals surface area contributed by atoms with Gasteiger partial charge in [0.1, 0.15) is 0 Å². The average molecular weight is 690 g/mol. The maximum absolute atomic E-state index is 2.50. The fourth-order valence-electron chi connectivity index (χ4n) is 9.76. The molecule has 11 aromatic rings. The Kier molecular flexibility index (Phi) is 5.84. The van der Waals surface area contributed by atoms with Gasteiger partial charge in [0, 0.05) is 54.8 Å². The summed E-state index contributed by atoms with van der Waals surface area (Å²) in [6, 6.07) is 65.1. The Bertz CT molecular complexity index is 3240. The largest absolute Gasteiger partial charge is 0.309 e. The molecule has 0 fully saturated rings. The van der Waals surface area contributed by atoms with Crippen LogP contribution in [0.1, 0.15) is 25.0 Å². The molecule has 0 unspecified atom stereocenters. The molecule has 54 heavy (non-hydrogen) atoms. The summed E-state index contributed by atoms with van der Waals surface area (Å²) in [5.41, 5.74) is 16.1. The van der Waals surface area contributed by atoms with Crippen LogP contribution in [0.15, 0.2) is 176 Å². The molecule has 3 nitrogen and oxygen atoms in total. The van der Waals surface area contributed by atoms with Crippen molar-refractivity contribution in [1.82, 2.24) is 13.7 Å². The Morgan fingerprint density at radius 3 is 1.30 bits per heavy atom. The van der Waals surface area contributed by atoms with Crippen molar-refractivity contribution in [2.24, 2.45) is 0 Å². The van der Waals surface area contributed by atoms with E-state index in [0.717, 1.165) is 0 Å². The van der Waals surface area contributed by atoms with Crippen LogP contribution < -0.4 is 0 Å². The van der Waals surface area contributed by atoms with Gasteiger partial charge in [0.05, 0.1) is 33.1 Å². The van der Waals surface area contributed by atoms with Crippen LogP contribution in [-0.4, -0.2) is 13.7 Å². The van der Waals surface area contributed by atoms with Gasteiger partial charge in [0.2, 0.25) is 0 Å². The summed E-state index contributed by atoms with van der Waals surface area (Å²) in [7, 11) is 0. The summed E-state index contributed by atoms with van der Waals surface area (Å²) in [5.74, 6) is 0. The molecular formula is C51H35N3. The highest BCUT2D eigenvalue weighted by Crippen LogP contribution is 2.52. The lowest BCUT2D eigenvalue weighted by Crippen LogP contribution is -2.15. The highest BCUT2D eigenvalue weighted by Gasteiger charge is 2.37. The first kappa shape index (κ1) is 29.7. The zero-order valence-corrected chi connectivity index (χ0v) is 30.1. The van der Waals surface area contributed by atoms with Crippen LogP contribution in [0.3, 0.4) is 0 Å². The van der Waals surface area contributed by atoms with E-state index in [0.29, 0.717) is 0 Å². The lowest BCUT2D eigenvalue weighted by molar-refractivity contribution is 0.660. The van der Waals surface area contributed by atoms with Crippen LogP contribution in [0.25, 0.3) is 93.6 Å². The van der Waals surface area contributed by atoms with Gasteiger partial charge in [0.25, 0.3) is 0 Å². The molecule has 0 amide bonds. The first-order chi connectivity index (χ1) is 26.6. The van der Waals surface area contributed by atoms with E-state index in [9.17, 15) is 0 Å². The first-order valence-electron chi connectivity index (χ1n) is 18.9. The van der Waals surface area contributed by atoms with Gasteiger partial charge in [-0.3, -0.25) is 0 Å². The van der Waals surface area contributed by atoms with Crippen LogP contribution in [0.5, 0.6) is 0 Å². The fourth-order valence-corrected chi connectivity index (χ4v) is 9.76. The quantitative estimate of drug-likeness (QED) is 0.175. The molecule has 3 heterocycles. The third kappa shape index (κ3) is 3.85. The van der Waals surface area contributed by atoms with E-state index in [1.54, 1.807) is 0 Å². The molecule has 0 bridgehead atoms. The minimum Gasteiger partial charge on any atom is -0.309 e. The van der Waals surface area contributed by atoms with Crippen LogP contribution >= 0.6 is 0 Å². The Hall–Kier alpha value is -6.84. The molecule has 1 aliphatic carbocycles. The monoisotopic (exact) mass is 689 g/mol. The molecule has 0 saturated heterocycles. The lowest BCUT2D eigenvalue weighted by Gasteiger charge is -2.22. The molecular weight excluding hydrogens is 655 g/mol. The molecule has 3 heteroatoms. The molecule has 0 radical (unpaired) electrons. The van der Waals surface area contributed by atoms with Gasteiger partial charge in [0.15, 0.2) is 0 Å². The van der Waals surface area contributed by atoms with Crippen molar-refractivity contribution < 1.29 is 0 Å². The second-order valence-corrected chi connectivity index (χ2v) is 15.4. The summed E-state index contributed by atoms with van der Waals surface area (Å²) in [4.78, 5) is 0. The zero-order valence-electron chi connectivity index (χ0n) is 30.1. The topological polar surface area (TPSA) is 14.8 Å². The highest BCUT2D eigenvalue weighted by atomic mass is 15.0.